The molecule has 0 bridgehead atoms. The fourth-order valence-electron chi connectivity index (χ4n) is 4.34. The molecule has 7 nitrogen and oxygen atoms in total. The van der Waals surface area contributed by atoms with Gasteiger partial charge < -0.3 is 10.2 Å². The van der Waals surface area contributed by atoms with Crippen LogP contribution in [0.2, 0.25) is 10.0 Å². The van der Waals surface area contributed by atoms with Gasteiger partial charge in [-0.15, -0.1) is 0 Å². The van der Waals surface area contributed by atoms with Gasteiger partial charge in [0.15, 0.2) is 0 Å². The summed E-state index contributed by atoms with van der Waals surface area (Å²) >= 11 is 12.2. The maximum absolute atomic E-state index is 13.6. The molecule has 36 heavy (non-hydrogen) atoms. The summed E-state index contributed by atoms with van der Waals surface area (Å²) in [6, 6.07) is 11.3. The van der Waals surface area contributed by atoms with Crippen LogP contribution < -0.4 is 9.62 Å². The molecule has 0 heterocycles. The highest BCUT2D eigenvalue weighted by Gasteiger charge is 2.31. The zero-order valence-electron chi connectivity index (χ0n) is 20.8. The molecule has 2 aromatic carbocycles. The van der Waals surface area contributed by atoms with E-state index in [0.717, 1.165) is 53.8 Å². The molecule has 196 valence electrons. The summed E-state index contributed by atoms with van der Waals surface area (Å²) < 4.78 is 26.3. The fourth-order valence-corrected chi connectivity index (χ4v) is 5.69. The van der Waals surface area contributed by atoms with Gasteiger partial charge in [-0.3, -0.25) is 13.9 Å². The van der Waals surface area contributed by atoms with Crippen molar-refractivity contribution >= 4 is 50.7 Å². The molecule has 0 unspecified atom stereocenters. The molecular formula is C26H33Cl2N3O4S. The van der Waals surface area contributed by atoms with E-state index in [1.54, 1.807) is 6.92 Å². The zero-order chi connectivity index (χ0) is 26.5. The summed E-state index contributed by atoms with van der Waals surface area (Å²) in [7, 11) is -3.86. The highest BCUT2D eigenvalue weighted by molar-refractivity contribution is 7.92. The van der Waals surface area contributed by atoms with Gasteiger partial charge in [0.05, 0.1) is 11.9 Å². The number of carbonyl (C=O) groups is 2. The number of carbonyl (C=O) groups excluding carboxylic acids is 2. The molecule has 0 spiro atoms. The average Bonchev–Trinajstić information content (AvgIpc) is 2.80. The molecule has 1 saturated carbocycles. The number of nitrogens with one attached hydrogen (secondary N) is 1. The summed E-state index contributed by atoms with van der Waals surface area (Å²) in [5, 5.41) is 3.57. The number of nitrogens with zero attached hydrogens (tertiary/aromatic N) is 2. The van der Waals surface area contributed by atoms with Crippen LogP contribution in [0.4, 0.5) is 5.69 Å². The second kappa shape index (κ2) is 12.3. The van der Waals surface area contributed by atoms with Crippen molar-refractivity contribution in [1.29, 1.82) is 0 Å². The molecule has 0 aromatic heterocycles. The SMILES string of the molecule is Cc1ccc(CN(C(=O)CN(c2cc(Cl)cc(Cl)c2)S(C)(=O)=O)[C@@H](C)C(=O)NC2CCCCC2)cc1. The first kappa shape index (κ1) is 28.3. The number of rotatable bonds is 9. The summed E-state index contributed by atoms with van der Waals surface area (Å²) in [5.74, 6) is -0.762. The quantitative estimate of drug-likeness (QED) is 0.476. The van der Waals surface area contributed by atoms with E-state index < -0.39 is 28.5 Å². The van der Waals surface area contributed by atoms with Gasteiger partial charge in [0, 0.05) is 22.6 Å². The molecule has 1 aliphatic rings. The van der Waals surface area contributed by atoms with Crippen LogP contribution in [0.5, 0.6) is 0 Å². The van der Waals surface area contributed by atoms with Crippen LogP contribution in [-0.2, 0) is 26.2 Å². The Morgan fingerprint density at radius 2 is 1.61 bits per heavy atom. The monoisotopic (exact) mass is 553 g/mol. The van der Waals surface area contributed by atoms with Crippen LogP contribution in [0.1, 0.15) is 50.2 Å². The minimum Gasteiger partial charge on any atom is -0.352 e. The summed E-state index contributed by atoms with van der Waals surface area (Å²) in [6.45, 7) is 3.30. The Morgan fingerprint density at radius 1 is 1.03 bits per heavy atom. The Labute approximate surface area is 223 Å². The summed E-state index contributed by atoms with van der Waals surface area (Å²) in [6.07, 6.45) is 6.14. The molecular weight excluding hydrogens is 521 g/mol. The van der Waals surface area contributed by atoms with Crippen molar-refractivity contribution in [2.24, 2.45) is 0 Å². The van der Waals surface area contributed by atoms with E-state index in [2.05, 4.69) is 5.32 Å². The molecule has 1 atom stereocenters. The lowest BCUT2D eigenvalue weighted by Crippen LogP contribution is -2.52. The zero-order valence-corrected chi connectivity index (χ0v) is 23.2. The Hall–Kier alpha value is -2.29. The van der Waals surface area contributed by atoms with Gasteiger partial charge in [0.25, 0.3) is 0 Å². The van der Waals surface area contributed by atoms with Gasteiger partial charge >= 0.3 is 0 Å². The maximum atomic E-state index is 13.6. The highest BCUT2D eigenvalue weighted by atomic mass is 35.5. The molecule has 1 fully saturated rings. The number of hydrogen-bond acceptors (Lipinski definition) is 4. The van der Waals surface area contributed by atoms with E-state index in [1.807, 2.05) is 31.2 Å². The fraction of sp³-hybridized carbons (Fsp3) is 0.462. The van der Waals surface area contributed by atoms with E-state index in [9.17, 15) is 18.0 Å². The van der Waals surface area contributed by atoms with Gasteiger partial charge in [-0.1, -0.05) is 72.3 Å². The van der Waals surface area contributed by atoms with E-state index in [4.69, 9.17) is 23.2 Å². The number of aryl methyl sites for hydroxylation is 1. The number of hydrogen-bond donors (Lipinski definition) is 1. The van der Waals surface area contributed by atoms with Gasteiger partial charge in [0.1, 0.15) is 12.6 Å². The van der Waals surface area contributed by atoms with Crippen molar-refractivity contribution in [3.8, 4) is 0 Å². The third-order valence-electron chi connectivity index (χ3n) is 6.41. The third kappa shape index (κ3) is 7.85. The van der Waals surface area contributed by atoms with Crippen molar-refractivity contribution < 1.29 is 18.0 Å². The normalized spacial score (nSPS) is 15.2. The molecule has 3 rings (SSSR count). The number of sulfonamides is 1. The van der Waals surface area contributed by atoms with Crippen LogP contribution in [0.15, 0.2) is 42.5 Å². The van der Waals surface area contributed by atoms with E-state index in [0.29, 0.717) is 0 Å². The first-order chi connectivity index (χ1) is 16.9. The van der Waals surface area contributed by atoms with Gasteiger partial charge in [-0.05, 0) is 50.5 Å². The standard InChI is InChI=1S/C26H33Cl2N3O4S/c1-18-9-11-20(12-10-18)16-30(19(2)26(33)29-23-7-5-4-6-8-23)25(32)17-31(36(3,34)35)24-14-21(27)13-22(28)15-24/h9-15,19,23H,4-8,16-17H2,1-3H3,(H,29,33)/t19-/m0/s1. The summed E-state index contributed by atoms with van der Waals surface area (Å²) in [4.78, 5) is 28.2. The lowest BCUT2D eigenvalue weighted by atomic mass is 9.95. The van der Waals surface area contributed by atoms with Crippen molar-refractivity contribution in [3.63, 3.8) is 0 Å². The second-order valence-corrected chi connectivity index (χ2v) is 12.2. The van der Waals surface area contributed by atoms with Crippen LogP contribution in [0, 0.1) is 6.92 Å². The van der Waals surface area contributed by atoms with Crippen molar-refractivity contribution in [2.45, 2.75) is 64.6 Å². The van der Waals surface area contributed by atoms with E-state index >= 15 is 0 Å². The lowest BCUT2D eigenvalue weighted by molar-refractivity contribution is -0.139. The van der Waals surface area contributed by atoms with Crippen LogP contribution in [0.25, 0.3) is 0 Å². The first-order valence-corrected chi connectivity index (χ1v) is 14.6. The molecule has 10 heteroatoms. The number of amides is 2. The van der Waals surface area contributed by atoms with Crippen LogP contribution in [0.3, 0.4) is 0 Å². The molecule has 0 radical (unpaired) electrons. The number of halogens is 2. The minimum absolute atomic E-state index is 0.0890. The van der Waals surface area contributed by atoms with E-state index in [-0.39, 0.29) is 34.2 Å². The van der Waals surface area contributed by atoms with Crippen LogP contribution in [-0.4, -0.2) is 50.0 Å². The largest absolute Gasteiger partial charge is 0.352 e. The van der Waals surface area contributed by atoms with E-state index in [1.165, 1.54) is 23.1 Å². The lowest BCUT2D eigenvalue weighted by Gasteiger charge is -2.33. The molecule has 2 aromatic rings. The molecule has 2 amide bonds. The minimum atomic E-state index is -3.86. The Morgan fingerprint density at radius 3 is 2.17 bits per heavy atom. The topological polar surface area (TPSA) is 86.8 Å². The predicted molar refractivity (Wildman–Crippen MR) is 145 cm³/mol. The van der Waals surface area contributed by atoms with Gasteiger partial charge in [-0.2, -0.15) is 0 Å². The Kier molecular flexibility index (Phi) is 9.66. The van der Waals surface area contributed by atoms with Crippen LogP contribution >= 0.6 is 23.2 Å². The smallest absolute Gasteiger partial charge is 0.244 e. The molecule has 1 aliphatic carbocycles. The Balaban J connectivity index is 1.88. The van der Waals surface area contributed by atoms with Gasteiger partial charge in [0.2, 0.25) is 21.8 Å². The molecule has 0 aliphatic heterocycles. The molecule has 0 saturated heterocycles. The number of anilines is 1. The molecule has 1 N–H and O–H groups in total. The average molecular weight is 555 g/mol. The summed E-state index contributed by atoms with van der Waals surface area (Å²) in [5.41, 5.74) is 2.08. The number of benzene rings is 2. The third-order valence-corrected chi connectivity index (χ3v) is 7.98. The van der Waals surface area contributed by atoms with Crippen molar-refractivity contribution in [3.05, 3.63) is 63.6 Å². The van der Waals surface area contributed by atoms with Gasteiger partial charge in [-0.25, -0.2) is 8.42 Å². The van der Waals surface area contributed by atoms with Crippen molar-refractivity contribution in [2.75, 3.05) is 17.1 Å². The maximum Gasteiger partial charge on any atom is 0.244 e. The first-order valence-electron chi connectivity index (χ1n) is 12.0. The predicted octanol–water partition coefficient (Wildman–Crippen LogP) is 4.93. The second-order valence-electron chi connectivity index (χ2n) is 9.42. The van der Waals surface area contributed by atoms with Crippen molar-refractivity contribution in [1.82, 2.24) is 10.2 Å². The highest BCUT2D eigenvalue weighted by Crippen LogP contribution is 2.27. The Bertz CT molecular complexity index is 1160.